The Morgan fingerprint density at radius 2 is 0.683 bits per heavy atom. The molecule has 0 fully saturated rings. The number of hydrogen-bond acceptors (Lipinski definition) is 3. The number of carbonyl (C=O) groups is 1. The first kappa shape index (κ1) is 58.9. The molecule has 0 spiro atoms. The molecular formula is C56H109NO3. The van der Waals surface area contributed by atoms with Gasteiger partial charge in [0.2, 0.25) is 5.91 Å². The second-order valence-electron chi connectivity index (χ2n) is 19.0. The van der Waals surface area contributed by atoms with E-state index in [0.717, 1.165) is 32.1 Å². The lowest BCUT2D eigenvalue weighted by Gasteiger charge is -2.22. The molecule has 4 heteroatoms. The number of aliphatic hydroxyl groups excluding tert-OH is 2. The molecule has 0 aliphatic carbocycles. The van der Waals surface area contributed by atoms with Crippen LogP contribution in [0, 0.1) is 0 Å². The van der Waals surface area contributed by atoms with Crippen LogP contribution in [0.5, 0.6) is 0 Å². The zero-order chi connectivity index (χ0) is 43.5. The third-order valence-corrected chi connectivity index (χ3v) is 13.0. The van der Waals surface area contributed by atoms with Crippen molar-refractivity contribution >= 4 is 5.91 Å². The van der Waals surface area contributed by atoms with Gasteiger partial charge in [-0.05, 0) is 44.9 Å². The number of allylic oxidation sites excluding steroid dienone is 4. The molecule has 2 unspecified atom stereocenters. The van der Waals surface area contributed by atoms with Gasteiger partial charge < -0.3 is 15.5 Å². The molecule has 0 radical (unpaired) electrons. The highest BCUT2D eigenvalue weighted by Crippen LogP contribution is 2.17. The van der Waals surface area contributed by atoms with Gasteiger partial charge in [-0.2, -0.15) is 0 Å². The Bertz CT molecular complexity index is 871. The normalized spacial score (nSPS) is 12.9. The fourth-order valence-corrected chi connectivity index (χ4v) is 8.75. The summed E-state index contributed by atoms with van der Waals surface area (Å²) < 4.78 is 0. The maximum atomic E-state index is 12.5. The van der Waals surface area contributed by atoms with Crippen molar-refractivity contribution < 1.29 is 15.0 Å². The molecule has 0 heterocycles. The molecule has 0 aromatic rings. The number of aliphatic hydroxyl groups is 2. The van der Waals surface area contributed by atoms with Gasteiger partial charge >= 0.3 is 0 Å². The first-order chi connectivity index (χ1) is 29.7. The molecule has 60 heavy (non-hydrogen) atoms. The van der Waals surface area contributed by atoms with Gasteiger partial charge in [0.05, 0.1) is 18.8 Å². The van der Waals surface area contributed by atoms with Gasteiger partial charge in [-0.15, -0.1) is 0 Å². The summed E-state index contributed by atoms with van der Waals surface area (Å²) in [5.74, 6) is -0.0309. The average molecular weight is 844 g/mol. The van der Waals surface area contributed by atoms with Crippen molar-refractivity contribution in [2.45, 2.75) is 321 Å². The van der Waals surface area contributed by atoms with E-state index in [1.165, 1.54) is 250 Å². The quantitative estimate of drug-likeness (QED) is 0.0422. The lowest BCUT2D eigenvalue weighted by molar-refractivity contribution is -0.123. The minimum absolute atomic E-state index is 0.0309. The Balaban J connectivity index is 3.46. The SMILES string of the molecule is CCCCCCCCCCC/C=C\C/C=C\CCCCCCCCCCCC(=O)NC(CO)C(O)CCCCCCCCCCCCCCCCCCCCCCCCC. The number of rotatable bonds is 51. The van der Waals surface area contributed by atoms with Crippen molar-refractivity contribution in [3.63, 3.8) is 0 Å². The molecule has 2 atom stereocenters. The van der Waals surface area contributed by atoms with Gasteiger partial charge in [0, 0.05) is 6.42 Å². The molecule has 0 aliphatic rings. The topological polar surface area (TPSA) is 69.6 Å². The van der Waals surface area contributed by atoms with E-state index in [1.54, 1.807) is 0 Å². The van der Waals surface area contributed by atoms with Crippen molar-refractivity contribution in [2.24, 2.45) is 0 Å². The van der Waals surface area contributed by atoms with Crippen molar-refractivity contribution in [3.05, 3.63) is 24.3 Å². The third kappa shape index (κ3) is 47.9. The minimum Gasteiger partial charge on any atom is -0.394 e. The summed E-state index contributed by atoms with van der Waals surface area (Å²) >= 11 is 0. The summed E-state index contributed by atoms with van der Waals surface area (Å²) in [7, 11) is 0. The van der Waals surface area contributed by atoms with Crippen LogP contribution in [0.4, 0.5) is 0 Å². The Labute approximate surface area is 377 Å². The highest BCUT2D eigenvalue weighted by atomic mass is 16.3. The Morgan fingerprint density at radius 3 is 1.00 bits per heavy atom. The smallest absolute Gasteiger partial charge is 0.220 e. The fourth-order valence-electron chi connectivity index (χ4n) is 8.75. The summed E-state index contributed by atoms with van der Waals surface area (Å²) in [6, 6.07) is -0.538. The number of unbranched alkanes of at least 4 members (excludes halogenated alkanes) is 40. The number of carbonyl (C=O) groups excluding carboxylic acids is 1. The first-order valence-corrected chi connectivity index (χ1v) is 27.5. The van der Waals surface area contributed by atoms with Crippen molar-refractivity contribution in [2.75, 3.05) is 6.61 Å². The van der Waals surface area contributed by atoms with Gasteiger partial charge in [0.15, 0.2) is 0 Å². The number of amides is 1. The van der Waals surface area contributed by atoms with E-state index in [4.69, 9.17) is 0 Å². The molecular weight excluding hydrogens is 735 g/mol. The van der Waals surface area contributed by atoms with Gasteiger partial charge in [0.1, 0.15) is 0 Å². The summed E-state index contributed by atoms with van der Waals surface area (Å²) in [5, 5.41) is 23.3. The standard InChI is InChI=1S/C56H109NO3/c1-3-5-7-9-11-13-15-17-19-21-23-25-27-28-30-32-34-36-38-40-42-44-46-48-50-52-56(60)57-54(53-58)55(59)51-49-47-45-43-41-39-37-35-33-31-29-26-24-22-20-18-16-14-12-10-8-6-4-2/h23,25,28,30,54-55,58-59H,3-22,24,26-27,29,31-53H2,1-2H3,(H,57,60)/b25-23-,30-28-. The average Bonchev–Trinajstić information content (AvgIpc) is 3.25. The van der Waals surface area contributed by atoms with Gasteiger partial charge in [-0.3, -0.25) is 4.79 Å². The molecule has 356 valence electrons. The van der Waals surface area contributed by atoms with Crippen LogP contribution < -0.4 is 5.32 Å². The van der Waals surface area contributed by atoms with Crippen LogP contribution in [0.1, 0.15) is 309 Å². The second-order valence-corrected chi connectivity index (χ2v) is 19.0. The van der Waals surface area contributed by atoms with Crippen LogP contribution >= 0.6 is 0 Å². The monoisotopic (exact) mass is 844 g/mol. The van der Waals surface area contributed by atoms with Gasteiger partial charge in [0.25, 0.3) is 0 Å². The van der Waals surface area contributed by atoms with E-state index in [1.807, 2.05) is 0 Å². The molecule has 0 rings (SSSR count). The van der Waals surface area contributed by atoms with Crippen LogP contribution in [0.3, 0.4) is 0 Å². The lowest BCUT2D eigenvalue weighted by Crippen LogP contribution is -2.45. The van der Waals surface area contributed by atoms with Crippen molar-refractivity contribution in [1.82, 2.24) is 5.32 Å². The molecule has 0 aromatic heterocycles. The number of nitrogens with one attached hydrogen (secondary N) is 1. The zero-order valence-electron chi connectivity index (χ0n) is 41.0. The molecule has 0 saturated heterocycles. The fraction of sp³-hybridized carbons (Fsp3) is 0.911. The second kappa shape index (κ2) is 52.2. The van der Waals surface area contributed by atoms with Crippen LogP contribution in [-0.4, -0.2) is 34.9 Å². The van der Waals surface area contributed by atoms with E-state index < -0.39 is 12.1 Å². The minimum atomic E-state index is -0.661. The summed E-state index contributed by atoms with van der Waals surface area (Å²) in [5.41, 5.74) is 0. The van der Waals surface area contributed by atoms with Crippen molar-refractivity contribution in [1.29, 1.82) is 0 Å². The Kier molecular flexibility index (Phi) is 51.2. The van der Waals surface area contributed by atoms with Gasteiger partial charge in [-0.1, -0.05) is 282 Å². The van der Waals surface area contributed by atoms with E-state index in [-0.39, 0.29) is 12.5 Å². The Morgan fingerprint density at radius 1 is 0.400 bits per heavy atom. The van der Waals surface area contributed by atoms with E-state index in [2.05, 4.69) is 43.5 Å². The number of hydrogen-bond donors (Lipinski definition) is 3. The highest BCUT2D eigenvalue weighted by Gasteiger charge is 2.20. The molecule has 0 aliphatic heterocycles. The predicted octanol–water partition coefficient (Wildman–Crippen LogP) is 17.9. The summed E-state index contributed by atoms with van der Waals surface area (Å²) in [6.45, 7) is 4.39. The zero-order valence-corrected chi connectivity index (χ0v) is 41.0. The van der Waals surface area contributed by atoms with Crippen LogP contribution in [0.25, 0.3) is 0 Å². The van der Waals surface area contributed by atoms with E-state index in [9.17, 15) is 15.0 Å². The lowest BCUT2D eigenvalue weighted by atomic mass is 10.0. The van der Waals surface area contributed by atoms with E-state index >= 15 is 0 Å². The van der Waals surface area contributed by atoms with Gasteiger partial charge in [-0.25, -0.2) is 0 Å². The molecule has 0 saturated carbocycles. The molecule has 1 amide bonds. The van der Waals surface area contributed by atoms with Crippen molar-refractivity contribution in [3.8, 4) is 0 Å². The maximum absolute atomic E-state index is 12.5. The highest BCUT2D eigenvalue weighted by molar-refractivity contribution is 5.76. The predicted molar refractivity (Wildman–Crippen MR) is 267 cm³/mol. The van der Waals surface area contributed by atoms with E-state index in [0.29, 0.717) is 12.8 Å². The molecule has 4 nitrogen and oxygen atoms in total. The largest absolute Gasteiger partial charge is 0.394 e. The summed E-state index contributed by atoms with van der Waals surface area (Å²) in [4.78, 5) is 12.5. The molecule has 3 N–H and O–H groups in total. The van der Waals surface area contributed by atoms with Crippen LogP contribution in [0.2, 0.25) is 0 Å². The summed E-state index contributed by atoms with van der Waals surface area (Å²) in [6.07, 6.45) is 68.7. The maximum Gasteiger partial charge on any atom is 0.220 e. The molecule has 0 bridgehead atoms. The van der Waals surface area contributed by atoms with Crippen LogP contribution in [-0.2, 0) is 4.79 Å². The third-order valence-electron chi connectivity index (χ3n) is 13.0. The van der Waals surface area contributed by atoms with Crippen LogP contribution in [0.15, 0.2) is 24.3 Å². The first-order valence-electron chi connectivity index (χ1n) is 27.5. The molecule has 0 aromatic carbocycles. The Hall–Kier alpha value is -1.13.